The summed E-state index contributed by atoms with van der Waals surface area (Å²) in [5, 5.41) is 3.59. The van der Waals surface area contributed by atoms with Gasteiger partial charge in [-0.25, -0.2) is 0 Å². The summed E-state index contributed by atoms with van der Waals surface area (Å²) < 4.78 is 0. The van der Waals surface area contributed by atoms with Gasteiger partial charge in [-0.1, -0.05) is 39.0 Å². The highest BCUT2D eigenvalue weighted by atomic mass is 14.9. The zero-order chi connectivity index (χ0) is 11.4. The molecule has 3 N–H and O–H groups in total. The zero-order valence-electron chi connectivity index (χ0n) is 10.7. The molecule has 1 atom stereocenters. The van der Waals surface area contributed by atoms with Gasteiger partial charge in [-0.05, 0) is 39.3 Å². The third-order valence-corrected chi connectivity index (χ3v) is 2.86. The Morgan fingerprint density at radius 2 is 1.73 bits per heavy atom. The lowest BCUT2D eigenvalue weighted by Crippen LogP contribution is -2.26. The molecule has 0 aromatic carbocycles. The molecule has 0 aliphatic heterocycles. The molecular formula is C13H30N2. The largest absolute Gasteiger partial charge is 0.330 e. The van der Waals surface area contributed by atoms with Gasteiger partial charge in [-0.3, -0.25) is 0 Å². The van der Waals surface area contributed by atoms with E-state index in [4.69, 9.17) is 5.73 Å². The summed E-state index contributed by atoms with van der Waals surface area (Å²) in [6, 6.07) is 0.700. The molecule has 92 valence electrons. The van der Waals surface area contributed by atoms with Crippen LogP contribution in [0.5, 0.6) is 0 Å². The SMILES string of the molecule is CCCCCC(C)NCCCCCCN. The minimum atomic E-state index is 0.700. The van der Waals surface area contributed by atoms with Gasteiger partial charge in [-0.15, -0.1) is 0 Å². The molecule has 0 rings (SSSR count). The predicted molar refractivity (Wildman–Crippen MR) is 69.1 cm³/mol. The van der Waals surface area contributed by atoms with E-state index in [0.717, 1.165) is 6.54 Å². The Morgan fingerprint density at radius 1 is 1.00 bits per heavy atom. The molecule has 0 radical (unpaired) electrons. The number of hydrogen-bond acceptors (Lipinski definition) is 2. The molecule has 2 heteroatoms. The van der Waals surface area contributed by atoms with E-state index in [1.807, 2.05) is 0 Å². The fraction of sp³-hybridized carbons (Fsp3) is 1.00. The van der Waals surface area contributed by atoms with Crippen molar-refractivity contribution in [2.24, 2.45) is 5.73 Å². The molecule has 0 aliphatic rings. The molecule has 0 amide bonds. The molecule has 1 unspecified atom stereocenters. The van der Waals surface area contributed by atoms with Crippen LogP contribution in [-0.4, -0.2) is 19.1 Å². The first-order valence-electron chi connectivity index (χ1n) is 6.74. The Kier molecular flexibility index (Phi) is 11.9. The van der Waals surface area contributed by atoms with Gasteiger partial charge in [0.05, 0.1) is 0 Å². The first-order chi connectivity index (χ1) is 7.31. The van der Waals surface area contributed by atoms with Gasteiger partial charge in [0, 0.05) is 6.04 Å². The van der Waals surface area contributed by atoms with Crippen LogP contribution in [-0.2, 0) is 0 Å². The monoisotopic (exact) mass is 214 g/mol. The van der Waals surface area contributed by atoms with Crippen LogP contribution in [0.15, 0.2) is 0 Å². The maximum Gasteiger partial charge on any atom is 0.00387 e. The summed E-state index contributed by atoms with van der Waals surface area (Å²) in [5.74, 6) is 0. The number of nitrogens with two attached hydrogens (primary N) is 1. The summed E-state index contributed by atoms with van der Waals surface area (Å²) in [7, 11) is 0. The van der Waals surface area contributed by atoms with E-state index < -0.39 is 0 Å². The van der Waals surface area contributed by atoms with Crippen LogP contribution >= 0.6 is 0 Å². The van der Waals surface area contributed by atoms with Crippen LogP contribution in [0.25, 0.3) is 0 Å². The highest BCUT2D eigenvalue weighted by molar-refractivity contribution is 4.60. The molecule has 0 heterocycles. The average Bonchev–Trinajstić information content (AvgIpc) is 2.23. The second kappa shape index (κ2) is 12.0. The van der Waals surface area contributed by atoms with Crippen LogP contribution in [0.3, 0.4) is 0 Å². The van der Waals surface area contributed by atoms with Crippen LogP contribution in [0.1, 0.15) is 65.2 Å². The van der Waals surface area contributed by atoms with Crippen molar-refractivity contribution < 1.29 is 0 Å². The maximum atomic E-state index is 5.44. The van der Waals surface area contributed by atoms with Gasteiger partial charge in [-0.2, -0.15) is 0 Å². The maximum absolute atomic E-state index is 5.44. The first kappa shape index (κ1) is 14.9. The third kappa shape index (κ3) is 11.8. The van der Waals surface area contributed by atoms with E-state index in [1.54, 1.807) is 0 Å². The minimum Gasteiger partial charge on any atom is -0.330 e. The van der Waals surface area contributed by atoms with Crippen molar-refractivity contribution in [3.63, 3.8) is 0 Å². The highest BCUT2D eigenvalue weighted by Crippen LogP contribution is 2.03. The topological polar surface area (TPSA) is 38.0 Å². The molecular weight excluding hydrogens is 184 g/mol. The van der Waals surface area contributed by atoms with E-state index in [1.165, 1.54) is 57.9 Å². The van der Waals surface area contributed by atoms with Crippen molar-refractivity contribution in [2.45, 2.75) is 71.3 Å². The number of hydrogen-bond donors (Lipinski definition) is 2. The Morgan fingerprint density at radius 3 is 2.40 bits per heavy atom. The Labute approximate surface area is 96.0 Å². The summed E-state index contributed by atoms with van der Waals surface area (Å²) in [4.78, 5) is 0. The van der Waals surface area contributed by atoms with E-state index in [0.29, 0.717) is 6.04 Å². The Bertz CT molecular complexity index is 115. The van der Waals surface area contributed by atoms with Crippen LogP contribution < -0.4 is 11.1 Å². The van der Waals surface area contributed by atoms with Crippen LogP contribution in [0, 0.1) is 0 Å². The Balaban J connectivity index is 3.06. The molecule has 0 saturated heterocycles. The second-order valence-electron chi connectivity index (χ2n) is 4.55. The zero-order valence-corrected chi connectivity index (χ0v) is 10.7. The van der Waals surface area contributed by atoms with Gasteiger partial charge in [0.25, 0.3) is 0 Å². The third-order valence-electron chi connectivity index (χ3n) is 2.86. The number of nitrogens with one attached hydrogen (secondary N) is 1. The van der Waals surface area contributed by atoms with Crippen molar-refractivity contribution in [3.8, 4) is 0 Å². The molecule has 0 saturated carbocycles. The molecule has 0 aromatic heterocycles. The number of rotatable bonds is 11. The van der Waals surface area contributed by atoms with Gasteiger partial charge < -0.3 is 11.1 Å². The lowest BCUT2D eigenvalue weighted by molar-refractivity contribution is 0.474. The van der Waals surface area contributed by atoms with Crippen molar-refractivity contribution in [1.29, 1.82) is 0 Å². The Hall–Kier alpha value is -0.0800. The molecule has 15 heavy (non-hydrogen) atoms. The summed E-state index contributed by atoms with van der Waals surface area (Å²) in [6.45, 7) is 6.59. The van der Waals surface area contributed by atoms with Crippen molar-refractivity contribution in [2.75, 3.05) is 13.1 Å². The first-order valence-corrected chi connectivity index (χ1v) is 6.74. The molecule has 0 aliphatic carbocycles. The smallest absolute Gasteiger partial charge is 0.00387 e. The standard InChI is InChI=1S/C13H30N2/c1-3-4-7-10-13(2)15-12-9-6-5-8-11-14/h13,15H,3-12,14H2,1-2H3. The summed E-state index contributed by atoms with van der Waals surface area (Å²) >= 11 is 0. The summed E-state index contributed by atoms with van der Waals surface area (Å²) in [6.07, 6.45) is 10.5. The fourth-order valence-electron chi connectivity index (χ4n) is 1.77. The van der Waals surface area contributed by atoms with Gasteiger partial charge >= 0.3 is 0 Å². The molecule has 0 bridgehead atoms. The molecule has 0 spiro atoms. The van der Waals surface area contributed by atoms with Crippen LogP contribution in [0.4, 0.5) is 0 Å². The van der Waals surface area contributed by atoms with Crippen molar-refractivity contribution in [1.82, 2.24) is 5.32 Å². The minimum absolute atomic E-state index is 0.700. The van der Waals surface area contributed by atoms with E-state index in [9.17, 15) is 0 Å². The normalized spacial score (nSPS) is 13.0. The predicted octanol–water partition coefficient (Wildman–Crippen LogP) is 3.06. The fourth-order valence-corrected chi connectivity index (χ4v) is 1.77. The molecule has 0 aromatic rings. The van der Waals surface area contributed by atoms with Crippen LogP contribution in [0.2, 0.25) is 0 Å². The van der Waals surface area contributed by atoms with Gasteiger partial charge in [0.1, 0.15) is 0 Å². The quantitative estimate of drug-likeness (QED) is 0.519. The highest BCUT2D eigenvalue weighted by Gasteiger charge is 1.99. The molecule has 2 nitrogen and oxygen atoms in total. The van der Waals surface area contributed by atoms with Gasteiger partial charge in [0.15, 0.2) is 0 Å². The van der Waals surface area contributed by atoms with Crippen molar-refractivity contribution >= 4 is 0 Å². The van der Waals surface area contributed by atoms with E-state index >= 15 is 0 Å². The second-order valence-corrected chi connectivity index (χ2v) is 4.55. The number of unbranched alkanes of at least 4 members (excludes halogenated alkanes) is 5. The van der Waals surface area contributed by atoms with Gasteiger partial charge in [0.2, 0.25) is 0 Å². The van der Waals surface area contributed by atoms with E-state index in [-0.39, 0.29) is 0 Å². The molecule has 0 fully saturated rings. The summed E-state index contributed by atoms with van der Waals surface area (Å²) in [5.41, 5.74) is 5.44. The van der Waals surface area contributed by atoms with E-state index in [2.05, 4.69) is 19.2 Å². The lowest BCUT2D eigenvalue weighted by atomic mass is 10.1. The lowest BCUT2D eigenvalue weighted by Gasteiger charge is -2.13. The average molecular weight is 214 g/mol. The van der Waals surface area contributed by atoms with Crippen molar-refractivity contribution in [3.05, 3.63) is 0 Å².